The van der Waals surface area contributed by atoms with E-state index in [4.69, 9.17) is 4.98 Å². The molecule has 0 radical (unpaired) electrons. The first-order chi connectivity index (χ1) is 13.2. The van der Waals surface area contributed by atoms with Gasteiger partial charge in [0, 0.05) is 29.0 Å². The molecule has 5 heteroatoms. The highest BCUT2D eigenvalue weighted by Crippen LogP contribution is 2.38. The highest BCUT2D eigenvalue weighted by Gasteiger charge is 2.16. The van der Waals surface area contributed by atoms with Gasteiger partial charge in [-0.25, -0.2) is 9.37 Å². The Morgan fingerprint density at radius 1 is 1.04 bits per heavy atom. The van der Waals surface area contributed by atoms with Gasteiger partial charge in [0.05, 0.1) is 5.69 Å². The van der Waals surface area contributed by atoms with Crippen LogP contribution in [0.5, 0.6) is 0 Å². The smallest absolute Gasteiger partial charge is 0.140 e. The number of halogens is 1. The van der Waals surface area contributed by atoms with Gasteiger partial charge in [0.25, 0.3) is 0 Å². The average molecular weight is 358 g/mol. The lowest BCUT2D eigenvalue weighted by Crippen LogP contribution is -1.98. The van der Waals surface area contributed by atoms with E-state index >= 15 is 0 Å². The normalized spacial score (nSPS) is 10.9. The summed E-state index contributed by atoms with van der Waals surface area (Å²) >= 11 is 0. The van der Waals surface area contributed by atoms with Gasteiger partial charge in [-0.2, -0.15) is 0 Å². The van der Waals surface area contributed by atoms with E-state index in [-0.39, 0.29) is 5.82 Å². The van der Waals surface area contributed by atoms with Crippen LogP contribution in [0.1, 0.15) is 13.3 Å². The van der Waals surface area contributed by atoms with Crippen LogP contribution in [0.3, 0.4) is 0 Å². The molecule has 0 saturated carbocycles. The maximum Gasteiger partial charge on any atom is 0.140 e. The minimum atomic E-state index is -0.261. The third kappa shape index (κ3) is 3.31. The molecule has 3 heterocycles. The van der Waals surface area contributed by atoms with Crippen LogP contribution >= 0.6 is 0 Å². The molecule has 2 N–H and O–H groups in total. The van der Waals surface area contributed by atoms with Crippen LogP contribution in [-0.2, 0) is 0 Å². The number of nitrogens with zero attached hydrogens (tertiary/aromatic N) is 2. The molecule has 134 valence electrons. The Balaban J connectivity index is 1.92. The predicted octanol–water partition coefficient (Wildman–Crippen LogP) is 5.77. The van der Waals surface area contributed by atoms with Crippen molar-refractivity contribution in [3.05, 3.63) is 79.0 Å². The van der Waals surface area contributed by atoms with Crippen LogP contribution in [-0.4, -0.2) is 15.0 Å². The number of H-pyrrole nitrogens is 1. The van der Waals surface area contributed by atoms with Crippen molar-refractivity contribution >= 4 is 16.9 Å². The number of fused-ring (bicyclic) bond motifs is 1. The third-order valence-corrected chi connectivity index (χ3v) is 4.49. The zero-order valence-electron chi connectivity index (χ0n) is 15.0. The fraction of sp³-hybridized carbons (Fsp3) is 0.0909. The van der Waals surface area contributed by atoms with Crippen molar-refractivity contribution in [2.24, 2.45) is 0 Å². The van der Waals surface area contributed by atoms with Gasteiger partial charge in [0.1, 0.15) is 17.3 Å². The Kier molecular flexibility index (Phi) is 4.42. The van der Waals surface area contributed by atoms with E-state index in [9.17, 15) is 4.39 Å². The van der Waals surface area contributed by atoms with Gasteiger partial charge in [-0.1, -0.05) is 13.5 Å². The number of rotatable bonds is 5. The second kappa shape index (κ2) is 7.03. The zero-order valence-corrected chi connectivity index (χ0v) is 15.0. The first kappa shape index (κ1) is 17.0. The number of pyridine rings is 2. The summed E-state index contributed by atoms with van der Waals surface area (Å²) < 4.78 is 13.4. The molecule has 0 fully saturated rings. The van der Waals surface area contributed by atoms with Crippen LogP contribution in [0.2, 0.25) is 0 Å². The predicted molar refractivity (Wildman–Crippen MR) is 108 cm³/mol. The van der Waals surface area contributed by atoms with Gasteiger partial charge in [0.2, 0.25) is 0 Å². The lowest BCUT2D eigenvalue weighted by Gasteiger charge is -2.07. The third-order valence-electron chi connectivity index (χ3n) is 4.49. The fourth-order valence-corrected chi connectivity index (χ4v) is 3.06. The molecular weight excluding hydrogens is 339 g/mol. The molecule has 1 aromatic carbocycles. The number of allylic oxidation sites excluding steroid dienone is 1. The maximum atomic E-state index is 13.4. The SMILES string of the molecule is C=C(CC)Nc1ccc2c(-c3ccncc3)c(-c3ccc(F)cc3)[nH]c2n1. The fourth-order valence-electron chi connectivity index (χ4n) is 3.06. The lowest BCUT2D eigenvalue weighted by molar-refractivity contribution is 0.628. The van der Waals surface area contributed by atoms with Crippen molar-refractivity contribution < 1.29 is 4.39 Å². The number of hydrogen-bond donors (Lipinski definition) is 2. The second-order valence-corrected chi connectivity index (χ2v) is 6.29. The summed E-state index contributed by atoms with van der Waals surface area (Å²) in [7, 11) is 0. The lowest BCUT2D eigenvalue weighted by atomic mass is 10.00. The summed E-state index contributed by atoms with van der Waals surface area (Å²) in [4.78, 5) is 12.2. The van der Waals surface area contributed by atoms with Crippen LogP contribution < -0.4 is 5.32 Å². The molecule has 0 aliphatic rings. The highest BCUT2D eigenvalue weighted by atomic mass is 19.1. The van der Waals surface area contributed by atoms with Gasteiger partial charge < -0.3 is 10.3 Å². The molecule has 0 saturated heterocycles. The monoisotopic (exact) mass is 358 g/mol. The molecule has 0 bridgehead atoms. The van der Waals surface area contributed by atoms with Gasteiger partial charge in [-0.05, 0) is 66.1 Å². The number of hydrogen-bond acceptors (Lipinski definition) is 3. The molecule has 4 nitrogen and oxygen atoms in total. The minimum Gasteiger partial charge on any atom is -0.344 e. The van der Waals surface area contributed by atoms with Gasteiger partial charge in [0.15, 0.2) is 0 Å². The summed E-state index contributed by atoms with van der Waals surface area (Å²) in [6, 6.07) is 14.3. The number of aromatic nitrogens is 3. The Hall–Kier alpha value is -3.47. The molecule has 4 aromatic rings. The van der Waals surface area contributed by atoms with E-state index in [1.807, 2.05) is 31.2 Å². The molecule has 0 spiro atoms. The van der Waals surface area contributed by atoms with Crippen molar-refractivity contribution in [1.82, 2.24) is 15.0 Å². The van der Waals surface area contributed by atoms with Crippen LogP contribution in [0.4, 0.5) is 10.2 Å². The molecule has 27 heavy (non-hydrogen) atoms. The molecule has 0 unspecified atom stereocenters. The molecule has 0 aliphatic heterocycles. The summed E-state index contributed by atoms with van der Waals surface area (Å²) in [6.45, 7) is 6.01. The largest absolute Gasteiger partial charge is 0.344 e. The Morgan fingerprint density at radius 2 is 1.78 bits per heavy atom. The first-order valence-corrected chi connectivity index (χ1v) is 8.79. The van der Waals surface area contributed by atoms with Crippen molar-refractivity contribution in [1.29, 1.82) is 0 Å². The minimum absolute atomic E-state index is 0.261. The number of nitrogens with one attached hydrogen (secondary N) is 2. The van der Waals surface area contributed by atoms with E-state index in [0.29, 0.717) is 0 Å². The molecule has 0 amide bonds. The molecular formula is C22H19FN4. The van der Waals surface area contributed by atoms with Crippen molar-refractivity contribution in [2.75, 3.05) is 5.32 Å². The van der Waals surface area contributed by atoms with E-state index in [0.717, 1.165) is 51.4 Å². The van der Waals surface area contributed by atoms with Gasteiger partial charge >= 0.3 is 0 Å². The van der Waals surface area contributed by atoms with Gasteiger partial charge in [-0.15, -0.1) is 0 Å². The Morgan fingerprint density at radius 3 is 2.48 bits per heavy atom. The van der Waals surface area contributed by atoms with E-state index in [1.54, 1.807) is 24.5 Å². The molecule has 3 aromatic heterocycles. The number of aromatic amines is 1. The number of anilines is 1. The summed E-state index contributed by atoms with van der Waals surface area (Å²) in [5, 5.41) is 4.21. The summed E-state index contributed by atoms with van der Waals surface area (Å²) in [5.74, 6) is 0.477. The van der Waals surface area contributed by atoms with Crippen molar-refractivity contribution in [3.8, 4) is 22.4 Å². The maximum absolute atomic E-state index is 13.4. The van der Waals surface area contributed by atoms with Crippen molar-refractivity contribution in [3.63, 3.8) is 0 Å². The van der Waals surface area contributed by atoms with E-state index < -0.39 is 0 Å². The Labute approximate surface area is 156 Å². The quantitative estimate of drug-likeness (QED) is 0.476. The Bertz CT molecular complexity index is 1100. The van der Waals surface area contributed by atoms with Crippen LogP contribution in [0.25, 0.3) is 33.4 Å². The molecule has 4 rings (SSSR count). The van der Waals surface area contributed by atoms with Crippen LogP contribution in [0, 0.1) is 5.82 Å². The average Bonchev–Trinajstić information content (AvgIpc) is 3.07. The first-order valence-electron chi connectivity index (χ1n) is 8.79. The van der Waals surface area contributed by atoms with Gasteiger partial charge in [-0.3, -0.25) is 4.98 Å². The summed E-state index contributed by atoms with van der Waals surface area (Å²) in [6.07, 6.45) is 4.35. The van der Waals surface area contributed by atoms with E-state index in [2.05, 4.69) is 21.9 Å². The zero-order chi connectivity index (χ0) is 18.8. The van der Waals surface area contributed by atoms with Crippen LogP contribution in [0.15, 0.2) is 73.2 Å². The van der Waals surface area contributed by atoms with E-state index in [1.165, 1.54) is 12.1 Å². The second-order valence-electron chi connectivity index (χ2n) is 6.29. The number of benzene rings is 1. The molecule has 0 aliphatic carbocycles. The molecule has 0 atom stereocenters. The van der Waals surface area contributed by atoms with Crippen molar-refractivity contribution in [2.45, 2.75) is 13.3 Å². The standard InChI is InChI=1S/C22H19FN4/c1-3-14(2)25-19-9-8-18-20(15-10-12-24-13-11-15)21(27-22(18)26-19)16-4-6-17(23)7-5-16/h4-13H,2-3H2,1H3,(H2,25,26,27). The highest BCUT2D eigenvalue weighted by molar-refractivity contribution is 6.02. The topological polar surface area (TPSA) is 53.6 Å². The summed E-state index contributed by atoms with van der Waals surface area (Å²) in [5.41, 5.74) is 5.50.